The Balaban J connectivity index is 1.64. The molecule has 1 atom stereocenters. The molecule has 2 amide bonds. The van der Waals surface area contributed by atoms with E-state index in [0.29, 0.717) is 30.2 Å². The quantitative estimate of drug-likeness (QED) is 0.545. The van der Waals surface area contributed by atoms with E-state index in [1.54, 1.807) is 0 Å². The molecule has 2 aliphatic rings. The van der Waals surface area contributed by atoms with Gasteiger partial charge in [0.05, 0.1) is 5.25 Å². The van der Waals surface area contributed by atoms with Gasteiger partial charge < -0.3 is 4.90 Å². The summed E-state index contributed by atoms with van der Waals surface area (Å²) in [4.78, 5) is 30.3. The Hall–Kier alpha value is -3.12. The molecule has 2 aliphatic heterocycles. The minimum absolute atomic E-state index is 0.0390. The molecule has 2 heterocycles. The highest BCUT2D eigenvalue weighted by atomic mass is 32.2. The molecule has 2 fully saturated rings. The topological polar surface area (TPSA) is 79.7 Å². The lowest BCUT2D eigenvalue weighted by Gasteiger charge is -2.32. The van der Waals surface area contributed by atoms with Crippen molar-refractivity contribution >= 4 is 29.3 Å². The second kappa shape index (κ2) is 10.2. The van der Waals surface area contributed by atoms with Gasteiger partial charge in [-0.25, -0.2) is 5.01 Å². The van der Waals surface area contributed by atoms with Crippen LogP contribution in [0.4, 0.5) is 5.69 Å². The molecule has 0 aromatic heterocycles. The number of hydrazine groups is 1. The SMILES string of the molecule is Cc1cccc(C[C@H]2S/C(=C(\C#N)C(=O)NN3CCN(C)CC3)N(c3ccccc3)C2=O)c1. The zero-order chi connectivity index (χ0) is 23.4. The summed E-state index contributed by atoms with van der Waals surface area (Å²) < 4.78 is 0. The number of amides is 2. The van der Waals surface area contributed by atoms with Crippen LogP contribution in [0.3, 0.4) is 0 Å². The maximum atomic E-state index is 13.5. The fraction of sp³-hybridized carbons (Fsp3) is 0.320. The Kier molecular flexibility index (Phi) is 7.14. The number of anilines is 1. The molecule has 0 bridgehead atoms. The third kappa shape index (κ3) is 5.28. The Bertz CT molecular complexity index is 1100. The second-order valence-corrected chi connectivity index (χ2v) is 9.52. The minimum atomic E-state index is -0.477. The molecule has 8 heteroatoms. The molecule has 4 rings (SSSR count). The Morgan fingerprint density at radius 3 is 2.52 bits per heavy atom. The molecular formula is C25H27N5O2S. The van der Waals surface area contributed by atoms with Gasteiger partial charge in [0.25, 0.3) is 5.91 Å². The van der Waals surface area contributed by atoms with Crippen LogP contribution < -0.4 is 10.3 Å². The number of nitriles is 1. The molecule has 1 N–H and O–H groups in total. The number of para-hydroxylation sites is 1. The summed E-state index contributed by atoms with van der Waals surface area (Å²) in [6.07, 6.45) is 0.525. The predicted octanol–water partition coefficient (Wildman–Crippen LogP) is 2.70. The highest BCUT2D eigenvalue weighted by molar-refractivity contribution is 8.05. The minimum Gasteiger partial charge on any atom is -0.304 e. The first kappa shape index (κ1) is 23.1. The van der Waals surface area contributed by atoms with E-state index in [1.165, 1.54) is 16.7 Å². The van der Waals surface area contributed by atoms with Crippen LogP contribution in [0.15, 0.2) is 65.2 Å². The number of benzene rings is 2. The summed E-state index contributed by atoms with van der Waals surface area (Å²) in [5.74, 6) is -0.600. The maximum absolute atomic E-state index is 13.5. The standard InChI is InChI=1S/C25H27N5O2S/c1-18-7-6-8-19(15-18)16-22-24(32)30(20-9-4-3-5-10-20)25(33-22)21(17-26)23(31)27-29-13-11-28(2)12-14-29/h3-10,15,22H,11-14,16H2,1-2H3,(H,27,31)/b25-21+/t22-/m1/s1. The number of carbonyl (C=O) groups excluding carboxylic acids is 2. The summed E-state index contributed by atoms with van der Waals surface area (Å²) in [5, 5.41) is 11.7. The van der Waals surface area contributed by atoms with Crippen molar-refractivity contribution in [3.63, 3.8) is 0 Å². The molecule has 0 radical (unpaired) electrons. The molecule has 0 saturated carbocycles. The van der Waals surface area contributed by atoms with Crippen LogP contribution >= 0.6 is 11.8 Å². The van der Waals surface area contributed by atoms with Crippen molar-refractivity contribution in [1.82, 2.24) is 15.3 Å². The molecule has 2 saturated heterocycles. The van der Waals surface area contributed by atoms with Crippen LogP contribution in [0, 0.1) is 18.3 Å². The van der Waals surface area contributed by atoms with E-state index in [4.69, 9.17) is 0 Å². The van der Waals surface area contributed by atoms with Gasteiger partial charge in [-0.15, -0.1) is 0 Å². The smallest absolute Gasteiger partial charge is 0.278 e. The van der Waals surface area contributed by atoms with Gasteiger partial charge in [-0.2, -0.15) is 5.26 Å². The van der Waals surface area contributed by atoms with E-state index in [9.17, 15) is 14.9 Å². The van der Waals surface area contributed by atoms with Gasteiger partial charge in [-0.3, -0.25) is 19.9 Å². The molecule has 0 aliphatic carbocycles. The van der Waals surface area contributed by atoms with E-state index >= 15 is 0 Å². The first-order chi connectivity index (χ1) is 16.0. The van der Waals surface area contributed by atoms with Gasteiger partial charge in [0.15, 0.2) is 0 Å². The highest BCUT2D eigenvalue weighted by Gasteiger charge is 2.41. The molecule has 0 spiro atoms. The highest BCUT2D eigenvalue weighted by Crippen LogP contribution is 2.41. The first-order valence-electron chi connectivity index (χ1n) is 11.0. The van der Waals surface area contributed by atoms with Crippen molar-refractivity contribution in [3.8, 4) is 6.07 Å². The van der Waals surface area contributed by atoms with Crippen LogP contribution in [0.25, 0.3) is 0 Å². The number of hydrogen-bond donors (Lipinski definition) is 1. The molecule has 170 valence electrons. The van der Waals surface area contributed by atoms with Crippen molar-refractivity contribution in [2.45, 2.75) is 18.6 Å². The number of rotatable bonds is 5. The number of hydrogen-bond acceptors (Lipinski definition) is 6. The van der Waals surface area contributed by atoms with Crippen molar-refractivity contribution < 1.29 is 9.59 Å². The number of nitrogens with one attached hydrogen (secondary N) is 1. The fourth-order valence-corrected chi connectivity index (χ4v) is 5.28. The van der Waals surface area contributed by atoms with E-state index < -0.39 is 11.2 Å². The van der Waals surface area contributed by atoms with Crippen molar-refractivity contribution in [3.05, 3.63) is 76.3 Å². The second-order valence-electron chi connectivity index (χ2n) is 8.33. The third-order valence-corrected chi connectivity index (χ3v) is 7.05. The van der Waals surface area contributed by atoms with Crippen LogP contribution in [-0.4, -0.2) is 60.2 Å². The molecule has 7 nitrogen and oxygen atoms in total. The van der Waals surface area contributed by atoms with Gasteiger partial charge in [-0.1, -0.05) is 59.8 Å². The van der Waals surface area contributed by atoms with E-state index in [2.05, 4.69) is 22.5 Å². The Morgan fingerprint density at radius 2 is 1.85 bits per heavy atom. The van der Waals surface area contributed by atoms with Gasteiger partial charge >= 0.3 is 0 Å². The Morgan fingerprint density at radius 1 is 1.12 bits per heavy atom. The zero-order valence-electron chi connectivity index (χ0n) is 18.8. The van der Waals surface area contributed by atoms with Crippen LogP contribution in [-0.2, 0) is 16.0 Å². The molecule has 2 aromatic carbocycles. The molecular weight excluding hydrogens is 434 g/mol. The predicted molar refractivity (Wildman–Crippen MR) is 130 cm³/mol. The van der Waals surface area contributed by atoms with Gasteiger partial charge in [-0.05, 0) is 38.1 Å². The van der Waals surface area contributed by atoms with Crippen LogP contribution in [0.5, 0.6) is 0 Å². The summed E-state index contributed by atoms with van der Waals surface area (Å²) >= 11 is 1.29. The number of likely N-dealkylation sites (N-methyl/N-ethyl adjacent to an activating group) is 1. The fourth-order valence-electron chi connectivity index (χ4n) is 3.97. The van der Waals surface area contributed by atoms with Crippen molar-refractivity contribution in [2.75, 3.05) is 38.1 Å². The lowest BCUT2D eigenvalue weighted by atomic mass is 10.1. The monoisotopic (exact) mass is 461 g/mol. The Labute approximate surface area is 198 Å². The molecule has 2 aromatic rings. The number of piperazine rings is 1. The first-order valence-corrected chi connectivity index (χ1v) is 11.8. The third-order valence-electron chi connectivity index (χ3n) is 5.79. The number of carbonyl (C=O) groups is 2. The maximum Gasteiger partial charge on any atom is 0.278 e. The summed E-state index contributed by atoms with van der Waals surface area (Å²) in [6.45, 7) is 5.05. The lowest BCUT2D eigenvalue weighted by Crippen LogP contribution is -2.53. The normalized spacial score (nSPS) is 21.1. The largest absolute Gasteiger partial charge is 0.304 e. The summed E-state index contributed by atoms with van der Waals surface area (Å²) in [7, 11) is 2.04. The molecule has 0 unspecified atom stereocenters. The molecule has 33 heavy (non-hydrogen) atoms. The van der Waals surface area contributed by atoms with Crippen molar-refractivity contribution in [2.24, 2.45) is 0 Å². The summed E-state index contributed by atoms with van der Waals surface area (Å²) in [5.41, 5.74) is 5.65. The zero-order valence-corrected chi connectivity index (χ0v) is 19.6. The van der Waals surface area contributed by atoms with E-state index in [0.717, 1.165) is 24.2 Å². The average Bonchev–Trinajstić information content (AvgIpc) is 3.12. The number of aryl methyl sites for hydroxylation is 1. The number of nitrogens with zero attached hydrogens (tertiary/aromatic N) is 4. The van der Waals surface area contributed by atoms with Gasteiger partial charge in [0.1, 0.15) is 16.7 Å². The van der Waals surface area contributed by atoms with Crippen LogP contribution in [0.2, 0.25) is 0 Å². The van der Waals surface area contributed by atoms with Crippen LogP contribution in [0.1, 0.15) is 11.1 Å². The van der Waals surface area contributed by atoms with E-state index in [-0.39, 0.29) is 11.5 Å². The lowest BCUT2D eigenvalue weighted by molar-refractivity contribution is -0.122. The van der Waals surface area contributed by atoms with Gasteiger partial charge in [0, 0.05) is 31.9 Å². The van der Waals surface area contributed by atoms with E-state index in [1.807, 2.05) is 67.5 Å². The summed E-state index contributed by atoms with van der Waals surface area (Å²) in [6, 6.07) is 19.3. The van der Waals surface area contributed by atoms with Gasteiger partial charge in [0.2, 0.25) is 5.91 Å². The average molecular weight is 462 g/mol. The number of thioether (sulfide) groups is 1. The van der Waals surface area contributed by atoms with Crippen molar-refractivity contribution in [1.29, 1.82) is 5.26 Å².